The summed E-state index contributed by atoms with van der Waals surface area (Å²) in [4.78, 5) is 2.37. The lowest BCUT2D eigenvalue weighted by atomic mass is 9.93. The summed E-state index contributed by atoms with van der Waals surface area (Å²) in [5.74, 6) is 0.419. The molecule has 0 saturated carbocycles. The molecule has 1 aromatic rings. The summed E-state index contributed by atoms with van der Waals surface area (Å²) in [6.07, 6.45) is 0. The maximum absolute atomic E-state index is 13.4. The molecule has 0 aliphatic carbocycles. The van der Waals surface area contributed by atoms with Gasteiger partial charge in [0, 0.05) is 19.6 Å². The van der Waals surface area contributed by atoms with Crippen LogP contribution in [0.4, 0.5) is 15.8 Å². The van der Waals surface area contributed by atoms with E-state index >= 15 is 0 Å². The Labute approximate surface area is 109 Å². The normalized spacial score (nSPS) is 18.2. The van der Waals surface area contributed by atoms with Crippen LogP contribution in [0.1, 0.15) is 27.7 Å². The van der Waals surface area contributed by atoms with Gasteiger partial charge in [0.15, 0.2) is 0 Å². The molecule has 1 aliphatic rings. The molecule has 0 fully saturated rings. The molecule has 1 aliphatic heterocycles. The second kappa shape index (κ2) is 4.79. The number of nitrogens with one attached hydrogen (secondary N) is 1. The molecule has 0 spiro atoms. The van der Waals surface area contributed by atoms with Gasteiger partial charge in [0.2, 0.25) is 0 Å². The van der Waals surface area contributed by atoms with Crippen LogP contribution in [0.25, 0.3) is 0 Å². The minimum Gasteiger partial charge on any atom is -0.383 e. The van der Waals surface area contributed by atoms with Crippen molar-refractivity contribution in [2.24, 2.45) is 11.3 Å². The van der Waals surface area contributed by atoms with E-state index in [-0.39, 0.29) is 11.2 Å². The van der Waals surface area contributed by atoms with E-state index in [1.807, 2.05) is 6.07 Å². The fraction of sp³-hybridized carbons (Fsp3) is 0.600. The molecule has 0 radical (unpaired) electrons. The summed E-state index contributed by atoms with van der Waals surface area (Å²) in [5.41, 5.74) is 2.22. The molecule has 100 valence electrons. The zero-order chi connectivity index (χ0) is 13.3. The maximum atomic E-state index is 13.4. The van der Waals surface area contributed by atoms with Crippen molar-refractivity contribution in [2.45, 2.75) is 27.7 Å². The lowest BCUT2D eigenvalue weighted by molar-refractivity contribution is 0.387. The Morgan fingerprint density at radius 2 is 2.11 bits per heavy atom. The number of nitrogens with zero attached hydrogens (tertiary/aromatic N) is 1. The number of halogens is 1. The minimum atomic E-state index is -0.176. The first-order valence-corrected chi connectivity index (χ1v) is 6.66. The Balaban J connectivity index is 2.36. The Hall–Kier alpha value is -1.25. The number of rotatable bonds is 2. The zero-order valence-electron chi connectivity index (χ0n) is 11.8. The molecule has 1 N–H and O–H groups in total. The molecule has 0 aromatic heterocycles. The van der Waals surface area contributed by atoms with Gasteiger partial charge in [-0.15, -0.1) is 0 Å². The molecule has 18 heavy (non-hydrogen) atoms. The largest absolute Gasteiger partial charge is 0.383 e. The number of hydrogen-bond donors (Lipinski definition) is 1. The summed E-state index contributed by atoms with van der Waals surface area (Å²) in [6.45, 7) is 11.8. The van der Waals surface area contributed by atoms with Gasteiger partial charge in [-0.3, -0.25) is 0 Å². The van der Waals surface area contributed by atoms with E-state index in [0.29, 0.717) is 5.92 Å². The molecule has 0 saturated heterocycles. The lowest BCUT2D eigenvalue weighted by Crippen LogP contribution is -2.37. The standard InChI is InChI=1S/C15H23FN2/c1-11(2)8-18-10-15(3,4)9-17-13-7-12(16)5-6-14(13)18/h5-7,11,17H,8-10H2,1-4H3. The van der Waals surface area contributed by atoms with Crippen LogP contribution in [0.2, 0.25) is 0 Å². The summed E-state index contributed by atoms with van der Waals surface area (Å²) in [5, 5.41) is 3.38. The van der Waals surface area contributed by atoms with Crippen LogP contribution >= 0.6 is 0 Å². The van der Waals surface area contributed by atoms with Crippen LogP contribution in [-0.4, -0.2) is 19.6 Å². The van der Waals surface area contributed by atoms with E-state index < -0.39 is 0 Å². The first-order chi connectivity index (χ1) is 8.37. The van der Waals surface area contributed by atoms with E-state index in [2.05, 4.69) is 37.9 Å². The summed E-state index contributed by atoms with van der Waals surface area (Å²) >= 11 is 0. The van der Waals surface area contributed by atoms with E-state index in [1.165, 1.54) is 0 Å². The first kappa shape index (κ1) is 13.2. The molecule has 1 heterocycles. The summed E-state index contributed by atoms with van der Waals surface area (Å²) in [6, 6.07) is 5.04. The Bertz CT molecular complexity index is 427. The van der Waals surface area contributed by atoms with Crippen molar-refractivity contribution >= 4 is 11.4 Å². The number of hydrogen-bond acceptors (Lipinski definition) is 2. The molecular formula is C15H23FN2. The van der Waals surface area contributed by atoms with Crippen LogP contribution in [0.5, 0.6) is 0 Å². The van der Waals surface area contributed by atoms with E-state index in [9.17, 15) is 4.39 Å². The molecule has 1 aromatic carbocycles. The Morgan fingerprint density at radius 3 is 2.78 bits per heavy atom. The van der Waals surface area contributed by atoms with Gasteiger partial charge in [-0.05, 0) is 29.5 Å². The third-order valence-electron chi connectivity index (χ3n) is 3.26. The SMILES string of the molecule is CC(C)CN1CC(C)(C)CNc2cc(F)ccc21. The number of benzene rings is 1. The second-order valence-electron chi connectivity index (χ2n) is 6.45. The van der Waals surface area contributed by atoms with Crippen molar-refractivity contribution in [1.29, 1.82) is 0 Å². The average molecular weight is 250 g/mol. The number of anilines is 2. The molecule has 3 heteroatoms. The molecule has 0 amide bonds. The second-order valence-corrected chi connectivity index (χ2v) is 6.45. The van der Waals surface area contributed by atoms with Crippen LogP contribution < -0.4 is 10.2 Å². The Morgan fingerprint density at radius 1 is 1.39 bits per heavy atom. The zero-order valence-corrected chi connectivity index (χ0v) is 11.8. The van der Waals surface area contributed by atoms with Crippen LogP contribution in [0.15, 0.2) is 18.2 Å². The highest BCUT2D eigenvalue weighted by Gasteiger charge is 2.27. The fourth-order valence-electron chi connectivity index (χ4n) is 2.52. The molecule has 2 rings (SSSR count). The van der Waals surface area contributed by atoms with Crippen molar-refractivity contribution in [2.75, 3.05) is 29.9 Å². The smallest absolute Gasteiger partial charge is 0.125 e. The van der Waals surface area contributed by atoms with Crippen molar-refractivity contribution in [1.82, 2.24) is 0 Å². The van der Waals surface area contributed by atoms with Crippen LogP contribution in [0.3, 0.4) is 0 Å². The van der Waals surface area contributed by atoms with Crippen molar-refractivity contribution in [3.8, 4) is 0 Å². The van der Waals surface area contributed by atoms with E-state index in [1.54, 1.807) is 12.1 Å². The molecule has 0 atom stereocenters. The molecule has 2 nitrogen and oxygen atoms in total. The van der Waals surface area contributed by atoms with Gasteiger partial charge in [0.25, 0.3) is 0 Å². The third-order valence-corrected chi connectivity index (χ3v) is 3.26. The Kier molecular flexibility index (Phi) is 3.51. The van der Waals surface area contributed by atoms with E-state index in [4.69, 9.17) is 0 Å². The summed E-state index contributed by atoms with van der Waals surface area (Å²) in [7, 11) is 0. The molecule has 0 bridgehead atoms. The van der Waals surface area contributed by atoms with Gasteiger partial charge >= 0.3 is 0 Å². The van der Waals surface area contributed by atoms with Gasteiger partial charge in [-0.1, -0.05) is 27.7 Å². The summed E-state index contributed by atoms with van der Waals surface area (Å²) < 4.78 is 13.4. The highest BCUT2D eigenvalue weighted by atomic mass is 19.1. The topological polar surface area (TPSA) is 15.3 Å². The third kappa shape index (κ3) is 2.95. The van der Waals surface area contributed by atoms with Gasteiger partial charge in [-0.25, -0.2) is 4.39 Å². The predicted octanol–water partition coefficient (Wildman–Crippen LogP) is 3.74. The van der Waals surface area contributed by atoms with Gasteiger partial charge in [-0.2, -0.15) is 0 Å². The fourth-order valence-corrected chi connectivity index (χ4v) is 2.52. The lowest BCUT2D eigenvalue weighted by Gasteiger charge is -2.32. The highest BCUT2D eigenvalue weighted by Crippen LogP contribution is 2.34. The van der Waals surface area contributed by atoms with E-state index in [0.717, 1.165) is 31.0 Å². The van der Waals surface area contributed by atoms with Crippen molar-refractivity contribution < 1.29 is 4.39 Å². The monoisotopic (exact) mass is 250 g/mol. The predicted molar refractivity (Wildman–Crippen MR) is 75.7 cm³/mol. The molecular weight excluding hydrogens is 227 g/mol. The van der Waals surface area contributed by atoms with Crippen molar-refractivity contribution in [3.05, 3.63) is 24.0 Å². The first-order valence-electron chi connectivity index (χ1n) is 6.66. The number of fused-ring (bicyclic) bond motifs is 1. The van der Waals surface area contributed by atoms with Crippen LogP contribution in [-0.2, 0) is 0 Å². The average Bonchev–Trinajstić information content (AvgIpc) is 2.35. The van der Waals surface area contributed by atoms with Gasteiger partial charge in [0.05, 0.1) is 11.4 Å². The van der Waals surface area contributed by atoms with Gasteiger partial charge < -0.3 is 10.2 Å². The minimum absolute atomic E-state index is 0.176. The van der Waals surface area contributed by atoms with Gasteiger partial charge in [0.1, 0.15) is 5.82 Å². The highest BCUT2D eigenvalue weighted by molar-refractivity contribution is 5.71. The van der Waals surface area contributed by atoms with Crippen LogP contribution in [0, 0.1) is 17.2 Å². The quantitative estimate of drug-likeness (QED) is 0.860. The van der Waals surface area contributed by atoms with Crippen molar-refractivity contribution in [3.63, 3.8) is 0 Å². The maximum Gasteiger partial charge on any atom is 0.125 e. The molecule has 0 unspecified atom stereocenters.